The normalized spacial score (nSPS) is 10.9. The van der Waals surface area contributed by atoms with Gasteiger partial charge in [-0.25, -0.2) is 14.1 Å². The maximum atomic E-state index is 14.0. The molecular weight excluding hydrogens is 327 g/mol. The van der Waals surface area contributed by atoms with E-state index in [-0.39, 0.29) is 24.8 Å². The Hall–Kier alpha value is -3.62. The lowest BCUT2D eigenvalue weighted by Crippen LogP contribution is -2.04. The Labute approximate surface area is 140 Å². The standard InChI is InChI=1S/C16H11FN6O2/c17-12-6-2-1-4-10(12)8-23-15-11(5-3-7-18-15)13(22-23)14-19-16(21-20-14)25-9-24/h1-7,9H,8H2,(H,19,20,21). The highest BCUT2D eigenvalue weighted by atomic mass is 19.1. The van der Waals surface area contributed by atoms with Crippen LogP contribution < -0.4 is 4.74 Å². The number of hydrogen-bond acceptors (Lipinski definition) is 6. The third kappa shape index (κ3) is 2.71. The second-order valence-electron chi connectivity index (χ2n) is 5.15. The minimum atomic E-state index is -0.315. The molecule has 0 saturated heterocycles. The average Bonchev–Trinajstić information content (AvgIpc) is 3.22. The summed E-state index contributed by atoms with van der Waals surface area (Å²) in [6, 6.07) is 9.96. The zero-order valence-electron chi connectivity index (χ0n) is 12.8. The van der Waals surface area contributed by atoms with Gasteiger partial charge < -0.3 is 4.74 Å². The van der Waals surface area contributed by atoms with Gasteiger partial charge in [-0.2, -0.15) is 10.1 Å². The maximum Gasteiger partial charge on any atom is 0.343 e. The summed E-state index contributed by atoms with van der Waals surface area (Å²) in [5.74, 6) is 0.00657. The second kappa shape index (κ2) is 6.11. The van der Waals surface area contributed by atoms with E-state index >= 15 is 0 Å². The number of pyridine rings is 1. The monoisotopic (exact) mass is 338 g/mol. The molecule has 0 aliphatic heterocycles. The Morgan fingerprint density at radius 3 is 2.96 bits per heavy atom. The molecule has 4 rings (SSSR count). The quantitative estimate of drug-likeness (QED) is 0.558. The first kappa shape index (κ1) is 14.9. The molecule has 0 saturated carbocycles. The summed E-state index contributed by atoms with van der Waals surface area (Å²) in [4.78, 5) is 18.8. The van der Waals surface area contributed by atoms with Crippen molar-refractivity contribution in [2.45, 2.75) is 6.54 Å². The molecule has 0 aliphatic carbocycles. The predicted molar refractivity (Wildman–Crippen MR) is 85.1 cm³/mol. The molecule has 0 radical (unpaired) electrons. The lowest BCUT2D eigenvalue weighted by atomic mass is 10.2. The molecule has 3 heterocycles. The van der Waals surface area contributed by atoms with Crippen LogP contribution in [-0.2, 0) is 11.3 Å². The van der Waals surface area contributed by atoms with Gasteiger partial charge in [-0.15, -0.1) is 5.10 Å². The van der Waals surface area contributed by atoms with Crippen LogP contribution in [0.15, 0.2) is 42.6 Å². The van der Waals surface area contributed by atoms with E-state index in [1.165, 1.54) is 6.07 Å². The number of carbonyl (C=O) groups excluding carboxylic acids is 1. The highest BCUT2D eigenvalue weighted by molar-refractivity contribution is 5.89. The summed E-state index contributed by atoms with van der Waals surface area (Å²) in [7, 11) is 0. The van der Waals surface area contributed by atoms with Crippen LogP contribution in [0.2, 0.25) is 0 Å². The Kier molecular flexibility index (Phi) is 3.65. The molecule has 8 nitrogen and oxygen atoms in total. The van der Waals surface area contributed by atoms with E-state index in [0.29, 0.717) is 28.1 Å². The zero-order chi connectivity index (χ0) is 17.2. The summed E-state index contributed by atoms with van der Waals surface area (Å²) in [6.45, 7) is 0.454. The van der Waals surface area contributed by atoms with Crippen molar-refractivity contribution in [2.24, 2.45) is 0 Å². The van der Waals surface area contributed by atoms with Crippen molar-refractivity contribution in [3.63, 3.8) is 0 Å². The van der Waals surface area contributed by atoms with E-state index in [2.05, 4.69) is 30.0 Å². The van der Waals surface area contributed by atoms with Crippen LogP contribution in [0.4, 0.5) is 4.39 Å². The summed E-state index contributed by atoms with van der Waals surface area (Å²) >= 11 is 0. The fourth-order valence-corrected chi connectivity index (χ4v) is 2.53. The molecule has 0 amide bonds. The second-order valence-corrected chi connectivity index (χ2v) is 5.15. The molecule has 4 aromatic rings. The molecule has 0 fully saturated rings. The van der Waals surface area contributed by atoms with Crippen LogP contribution in [-0.4, -0.2) is 36.4 Å². The third-order valence-electron chi connectivity index (χ3n) is 3.63. The first-order chi connectivity index (χ1) is 12.3. The van der Waals surface area contributed by atoms with Crippen LogP contribution in [0, 0.1) is 5.82 Å². The fraction of sp³-hybridized carbons (Fsp3) is 0.0625. The Balaban J connectivity index is 1.81. The van der Waals surface area contributed by atoms with E-state index in [1.807, 2.05) is 6.07 Å². The summed E-state index contributed by atoms with van der Waals surface area (Å²) in [6.07, 6.45) is 1.63. The molecule has 124 valence electrons. The van der Waals surface area contributed by atoms with Crippen LogP contribution >= 0.6 is 0 Å². The van der Waals surface area contributed by atoms with E-state index in [9.17, 15) is 9.18 Å². The molecule has 0 aliphatic rings. The number of benzene rings is 1. The number of aromatic nitrogens is 6. The number of ether oxygens (including phenoxy) is 1. The SMILES string of the molecule is O=COc1n[nH]c(-c2nn(Cc3ccccc3F)c3ncccc23)n1. The number of aromatic amines is 1. The smallest absolute Gasteiger partial charge is 0.343 e. The molecule has 3 aromatic heterocycles. The largest absolute Gasteiger partial charge is 0.392 e. The number of fused-ring (bicyclic) bond motifs is 1. The van der Waals surface area contributed by atoms with Gasteiger partial charge >= 0.3 is 12.5 Å². The Morgan fingerprint density at radius 1 is 1.24 bits per heavy atom. The van der Waals surface area contributed by atoms with Crippen LogP contribution in [0.3, 0.4) is 0 Å². The molecule has 9 heteroatoms. The maximum absolute atomic E-state index is 14.0. The predicted octanol–water partition coefficient (Wildman–Crippen LogP) is 1.94. The number of halogens is 1. The molecule has 1 N–H and O–H groups in total. The van der Waals surface area contributed by atoms with Gasteiger partial charge in [0.1, 0.15) is 11.5 Å². The van der Waals surface area contributed by atoms with Crippen LogP contribution in [0.5, 0.6) is 6.01 Å². The van der Waals surface area contributed by atoms with Crippen molar-refractivity contribution in [2.75, 3.05) is 0 Å². The number of nitrogens with zero attached hydrogens (tertiary/aromatic N) is 5. The minimum Gasteiger partial charge on any atom is -0.392 e. The molecule has 0 spiro atoms. The Bertz CT molecular complexity index is 1060. The molecule has 25 heavy (non-hydrogen) atoms. The van der Waals surface area contributed by atoms with Gasteiger partial charge in [-0.3, -0.25) is 9.89 Å². The van der Waals surface area contributed by atoms with Crippen molar-refractivity contribution in [3.8, 4) is 17.5 Å². The lowest BCUT2D eigenvalue weighted by Gasteiger charge is -2.04. The van der Waals surface area contributed by atoms with Crippen molar-refractivity contribution in [1.82, 2.24) is 29.9 Å². The van der Waals surface area contributed by atoms with Crippen molar-refractivity contribution >= 4 is 17.5 Å². The molecule has 0 unspecified atom stereocenters. The number of rotatable bonds is 5. The van der Waals surface area contributed by atoms with E-state index in [4.69, 9.17) is 0 Å². The van der Waals surface area contributed by atoms with Crippen molar-refractivity contribution < 1.29 is 13.9 Å². The average molecular weight is 338 g/mol. The van der Waals surface area contributed by atoms with Crippen LogP contribution in [0.25, 0.3) is 22.6 Å². The van der Waals surface area contributed by atoms with E-state index in [0.717, 1.165) is 0 Å². The number of nitrogens with one attached hydrogen (secondary N) is 1. The number of H-pyrrole nitrogens is 1. The Morgan fingerprint density at radius 2 is 2.12 bits per heavy atom. The van der Waals surface area contributed by atoms with Gasteiger partial charge in [0.2, 0.25) is 0 Å². The van der Waals surface area contributed by atoms with Crippen molar-refractivity contribution in [1.29, 1.82) is 0 Å². The highest BCUT2D eigenvalue weighted by Gasteiger charge is 2.17. The first-order valence-electron chi connectivity index (χ1n) is 7.34. The van der Waals surface area contributed by atoms with E-state index < -0.39 is 0 Å². The fourth-order valence-electron chi connectivity index (χ4n) is 2.53. The molecular formula is C16H11FN6O2. The van der Waals surface area contributed by atoms with Crippen LogP contribution in [0.1, 0.15) is 5.56 Å². The minimum absolute atomic E-state index is 0.106. The first-order valence-corrected chi connectivity index (χ1v) is 7.34. The highest BCUT2D eigenvalue weighted by Crippen LogP contribution is 2.25. The van der Waals surface area contributed by atoms with Gasteiger partial charge in [-0.05, 0) is 18.2 Å². The number of hydrogen-bond donors (Lipinski definition) is 1. The van der Waals surface area contributed by atoms with Gasteiger partial charge in [0, 0.05) is 11.8 Å². The summed E-state index contributed by atoms with van der Waals surface area (Å²) in [5, 5.41) is 11.6. The van der Waals surface area contributed by atoms with Gasteiger partial charge in [0.05, 0.1) is 11.9 Å². The van der Waals surface area contributed by atoms with Gasteiger partial charge in [0.15, 0.2) is 11.5 Å². The molecule has 0 bridgehead atoms. The van der Waals surface area contributed by atoms with E-state index in [1.54, 1.807) is 35.1 Å². The zero-order valence-corrected chi connectivity index (χ0v) is 12.8. The van der Waals surface area contributed by atoms with Crippen molar-refractivity contribution in [3.05, 3.63) is 54.0 Å². The lowest BCUT2D eigenvalue weighted by molar-refractivity contribution is -0.121. The molecule has 1 aromatic carbocycles. The summed E-state index contributed by atoms with van der Waals surface area (Å²) in [5.41, 5.74) is 1.55. The molecule has 0 atom stereocenters. The van der Waals surface area contributed by atoms with Gasteiger partial charge in [0.25, 0.3) is 0 Å². The van der Waals surface area contributed by atoms with Gasteiger partial charge in [-0.1, -0.05) is 18.2 Å². The summed E-state index contributed by atoms with van der Waals surface area (Å²) < 4.78 is 20.1. The third-order valence-corrected chi connectivity index (χ3v) is 3.63. The number of carbonyl (C=O) groups is 1. The topological polar surface area (TPSA) is 98.6 Å².